The monoisotopic (exact) mass is 146 g/mol. The van der Waals surface area contributed by atoms with E-state index in [0.717, 1.165) is 26.4 Å². The van der Waals surface area contributed by atoms with Gasteiger partial charge in [-0.3, -0.25) is 0 Å². The van der Waals surface area contributed by atoms with Gasteiger partial charge in [-0.15, -0.1) is 13.2 Å². The fourth-order valence-corrected chi connectivity index (χ4v) is 0.204. The molecule has 1 aliphatic rings. The normalized spacial score (nSPS) is 11.8. The second-order valence-electron chi connectivity index (χ2n) is 1.39. The van der Waals surface area contributed by atoms with E-state index >= 15 is 0 Å². The molecule has 0 bridgehead atoms. The van der Waals surface area contributed by atoms with E-state index in [1.807, 2.05) is 13.8 Å². The van der Waals surface area contributed by atoms with Crippen LogP contribution in [0.2, 0.25) is 0 Å². The van der Waals surface area contributed by atoms with Gasteiger partial charge >= 0.3 is 0 Å². The van der Waals surface area contributed by atoms with E-state index in [9.17, 15) is 0 Å². The van der Waals surface area contributed by atoms with Crippen molar-refractivity contribution in [2.24, 2.45) is 0 Å². The Morgan fingerprint density at radius 1 is 1.20 bits per heavy atom. The minimum Gasteiger partial charge on any atom is -0.382 e. The first-order valence-electron chi connectivity index (χ1n) is 3.57. The number of ether oxygens (including phenoxy) is 2. The zero-order valence-corrected chi connectivity index (χ0v) is 7.06. The van der Waals surface area contributed by atoms with Gasteiger partial charge in [0.2, 0.25) is 0 Å². The quantitative estimate of drug-likeness (QED) is 0.438. The van der Waals surface area contributed by atoms with Gasteiger partial charge in [-0.2, -0.15) is 0 Å². The van der Waals surface area contributed by atoms with Gasteiger partial charge in [0.15, 0.2) is 0 Å². The van der Waals surface area contributed by atoms with Crippen LogP contribution < -0.4 is 0 Å². The maximum absolute atomic E-state index is 4.83. The Hall–Kier alpha value is -0.340. The highest BCUT2D eigenvalue weighted by atomic mass is 16.6. The van der Waals surface area contributed by atoms with E-state index in [2.05, 4.69) is 17.9 Å². The van der Waals surface area contributed by atoms with Gasteiger partial charge in [-0.05, 0) is 13.8 Å². The molecule has 0 amide bonds. The van der Waals surface area contributed by atoms with E-state index in [4.69, 9.17) is 4.74 Å². The lowest BCUT2D eigenvalue weighted by Crippen LogP contribution is -1.84. The van der Waals surface area contributed by atoms with Crippen molar-refractivity contribution in [1.82, 2.24) is 0 Å². The van der Waals surface area contributed by atoms with E-state index in [-0.39, 0.29) is 0 Å². The van der Waals surface area contributed by atoms with Gasteiger partial charge in [-0.1, -0.05) is 0 Å². The second-order valence-corrected chi connectivity index (χ2v) is 1.39. The van der Waals surface area contributed by atoms with Crippen molar-refractivity contribution in [3.05, 3.63) is 13.2 Å². The summed E-state index contributed by atoms with van der Waals surface area (Å²) in [6.07, 6.45) is 0. The van der Waals surface area contributed by atoms with E-state index in [1.54, 1.807) is 0 Å². The van der Waals surface area contributed by atoms with Crippen LogP contribution in [0, 0.1) is 0 Å². The molecule has 0 spiro atoms. The average molecular weight is 146 g/mol. The fraction of sp³-hybridized carbons (Fsp3) is 0.750. The predicted molar refractivity (Wildman–Crippen MR) is 44.2 cm³/mol. The number of hydrogen-bond acceptors (Lipinski definition) is 2. The maximum atomic E-state index is 4.83. The molecule has 0 saturated carbocycles. The summed E-state index contributed by atoms with van der Waals surface area (Å²) in [4.78, 5) is 0. The Balaban J connectivity index is 0. The molecule has 0 N–H and O–H groups in total. The SMILES string of the molecule is C1CO1.C=C.CCOCC. The summed E-state index contributed by atoms with van der Waals surface area (Å²) < 4.78 is 9.33. The highest BCUT2D eigenvalue weighted by Gasteiger charge is 1.94. The predicted octanol–water partition coefficient (Wildman–Crippen LogP) is 1.86. The molecule has 0 aliphatic carbocycles. The van der Waals surface area contributed by atoms with Crippen LogP contribution in [-0.2, 0) is 9.47 Å². The van der Waals surface area contributed by atoms with Gasteiger partial charge in [0, 0.05) is 13.2 Å². The molecule has 0 aromatic rings. The molecule has 1 aliphatic heterocycles. The Morgan fingerprint density at radius 2 is 1.50 bits per heavy atom. The molecule has 1 saturated heterocycles. The van der Waals surface area contributed by atoms with E-state index in [1.165, 1.54) is 0 Å². The molecule has 0 unspecified atom stereocenters. The molecule has 62 valence electrons. The zero-order valence-electron chi connectivity index (χ0n) is 7.06. The molecule has 2 heteroatoms. The summed E-state index contributed by atoms with van der Waals surface area (Å²) in [7, 11) is 0. The molecule has 1 rings (SSSR count). The van der Waals surface area contributed by atoms with Crippen LogP contribution in [0.25, 0.3) is 0 Å². The summed E-state index contributed by atoms with van der Waals surface area (Å²) in [5.74, 6) is 0. The van der Waals surface area contributed by atoms with Crippen LogP contribution in [0.3, 0.4) is 0 Å². The van der Waals surface area contributed by atoms with E-state index in [0.29, 0.717) is 0 Å². The molecule has 0 aromatic carbocycles. The lowest BCUT2D eigenvalue weighted by atomic mass is 10.8. The van der Waals surface area contributed by atoms with E-state index < -0.39 is 0 Å². The molecule has 1 fully saturated rings. The van der Waals surface area contributed by atoms with Crippen LogP contribution in [0.15, 0.2) is 13.2 Å². The highest BCUT2D eigenvalue weighted by molar-refractivity contribution is 4.36. The Labute approximate surface area is 63.8 Å². The lowest BCUT2D eigenvalue weighted by molar-refractivity contribution is 0.162. The number of rotatable bonds is 2. The van der Waals surface area contributed by atoms with Crippen molar-refractivity contribution in [3.63, 3.8) is 0 Å². The minimum absolute atomic E-state index is 0.844. The Kier molecular flexibility index (Phi) is 19.6. The Bertz CT molecular complexity index is 39.8. The highest BCUT2D eigenvalue weighted by Crippen LogP contribution is 1.84. The van der Waals surface area contributed by atoms with Crippen molar-refractivity contribution in [1.29, 1.82) is 0 Å². The smallest absolute Gasteiger partial charge is 0.0701 e. The molecule has 0 radical (unpaired) electrons. The van der Waals surface area contributed by atoms with Crippen LogP contribution >= 0.6 is 0 Å². The summed E-state index contributed by atoms with van der Waals surface area (Å²) in [5.41, 5.74) is 0. The largest absolute Gasteiger partial charge is 0.382 e. The third-order valence-corrected chi connectivity index (χ3v) is 0.612. The summed E-state index contributed by atoms with van der Waals surface area (Å²) in [6.45, 7) is 13.7. The molecule has 0 aromatic heterocycles. The molecular formula is C8H18O2. The van der Waals surface area contributed by atoms with Gasteiger partial charge in [0.1, 0.15) is 0 Å². The minimum atomic E-state index is 0.844. The van der Waals surface area contributed by atoms with Crippen LogP contribution in [0.1, 0.15) is 13.8 Å². The van der Waals surface area contributed by atoms with Crippen molar-refractivity contribution < 1.29 is 9.47 Å². The summed E-state index contributed by atoms with van der Waals surface area (Å²) >= 11 is 0. The van der Waals surface area contributed by atoms with Gasteiger partial charge in [-0.25, -0.2) is 0 Å². The van der Waals surface area contributed by atoms with Crippen LogP contribution in [-0.4, -0.2) is 26.4 Å². The first-order chi connectivity index (χ1) is 4.91. The van der Waals surface area contributed by atoms with Crippen LogP contribution in [0.5, 0.6) is 0 Å². The molecule has 0 atom stereocenters. The molecule has 1 heterocycles. The summed E-state index contributed by atoms with van der Waals surface area (Å²) in [6, 6.07) is 0. The molecule has 10 heavy (non-hydrogen) atoms. The maximum Gasteiger partial charge on any atom is 0.0701 e. The Morgan fingerprint density at radius 3 is 1.50 bits per heavy atom. The van der Waals surface area contributed by atoms with Gasteiger partial charge in [0.25, 0.3) is 0 Å². The first-order valence-corrected chi connectivity index (χ1v) is 3.57. The van der Waals surface area contributed by atoms with Crippen molar-refractivity contribution in [3.8, 4) is 0 Å². The van der Waals surface area contributed by atoms with Crippen LogP contribution in [0.4, 0.5) is 0 Å². The van der Waals surface area contributed by atoms with Crippen molar-refractivity contribution >= 4 is 0 Å². The lowest BCUT2D eigenvalue weighted by Gasteiger charge is -1.86. The third kappa shape index (κ3) is 48.0. The molecule has 2 nitrogen and oxygen atoms in total. The van der Waals surface area contributed by atoms with Gasteiger partial charge < -0.3 is 9.47 Å². The van der Waals surface area contributed by atoms with Gasteiger partial charge in [0.05, 0.1) is 13.2 Å². The standard InChI is InChI=1S/C4H10O.C2H4O.C2H4/c1-3-5-4-2;1-2-3-1;1-2/h3-4H2,1-2H3;1-2H2;1-2H2. The second kappa shape index (κ2) is 15.9. The molecular weight excluding hydrogens is 128 g/mol. The zero-order chi connectivity index (χ0) is 8.24. The fourth-order valence-electron chi connectivity index (χ4n) is 0.204. The van der Waals surface area contributed by atoms with Crippen molar-refractivity contribution in [2.45, 2.75) is 13.8 Å². The first kappa shape index (κ1) is 12.3. The topological polar surface area (TPSA) is 21.8 Å². The number of hydrogen-bond donors (Lipinski definition) is 0. The number of epoxide rings is 1. The van der Waals surface area contributed by atoms with Crippen molar-refractivity contribution in [2.75, 3.05) is 26.4 Å². The average Bonchev–Trinajstić information content (AvgIpc) is 2.79. The summed E-state index contributed by atoms with van der Waals surface area (Å²) in [5, 5.41) is 0. The third-order valence-electron chi connectivity index (χ3n) is 0.612.